The third kappa shape index (κ3) is 3.68. The number of nitrogens with one attached hydrogen (secondary N) is 1. The predicted octanol–water partition coefficient (Wildman–Crippen LogP) is 3.67. The maximum atomic E-state index is 11.4. The minimum absolute atomic E-state index is 0.159. The molecule has 0 fully saturated rings. The monoisotopic (exact) mass is 317 g/mol. The van der Waals surface area contributed by atoms with Crippen molar-refractivity contribution in [3.63, 3.8) is 0 Å². The molecular weight excluding hydrogens is 302 g/mol. The Morgan fingerprint density at radius 1 is 1.12 bits per heavy atom. The van der Waals surface area contributed by atoms with Crippen LogP contribution in [0.3, 0.4) is 0 Å². The van der Waals surface area contributed by atoms with Crippen molar-refractivity contribution in [3.05, 3.63) is 66.4 Å². The van der Waals surface area contributed by atoms with Gasteiger partial charge < -0.3 is 10.1 Å². The molecule has 1 heterocycles. The van der Waals surface area contributed by atoms with Gasteiger partial charge in [-0.25, -0.2) is 0 Å². The molecular formula is C19H15N3O2. The van der Waals surface area contributed by atoms with E-state index in [1.165, 1.54) is 0 Å². The van der Waals surface area contributed by atoms with Crippen LogP contribution in [0.5, 0.6) is 5.75 Å². The van der Waals surface area contributed by atoms with Crippen LogP contribution in [0.25, 0.3) is 10.9 Å². The van der Waals surface area contributed by atoms with Crippen LogP contribution in [-0.2, 0) is 11.4 Å². The Labute approximate surface area is 139 Å². The van der Waals surface area contributed by atoms with Gasteiger partial charge in [-0.2, -0.15) is 5.26 Å². The Balaban J connectivity index is 1.66. The van der Waals surface area contributed by atoms with E-state index in [4.69, 9.17) is 10.00 Å². The van der Waals surface area contributed by atoms with Gasteiger partial charge in [-0.1, -0.05) is 18.2 Å². The summed E-state index contributed by atoms with van der Waals surface area (Å²) < 4.78 is 5.81. The molecule has 0 aliphatic rings. The normalized spacial score (nSPS) is 10.1. The van der Waals surface area contributed by atoms with E-state index in [1.54, 1.807) is 30.5 Å². The zero-order valence-corrected chi connectivity index (χ0v) is 12.9. The molecule has 0 radical (unpaired) electrons. The number of aromatic nitrogens is 1. The van der Waals surface area contributed by atoms with E-state index in [1.807, 2.05) is 36.4 Å². The molecule has 24 heavy (non-hydrogen) atoms. The largest absolute Gasteiger partial charge is 0.489 e. The number of anilines is 1. The fraction of sp³-hybridized carbons (Fsp3) is 0.105. The molecule has 0 bridgehead atoms. The van der Waals surface area contributed by atoms with E-state index < -0.39 is 0 Å². The van der Waals surface area contributed by atoms with Crippen LogP contribution in [0, 0.1) is 11.3 Å². The molecule has 0 aliphatic carbocycles. The van der Waals surface area contributed by atoms with Crippen LogP contribution in [0.15, 0.2) is 60.8 Å². The summed E-state index contributed by atoms with van der Waals surface area (Å²) in [5.74, 6) is 0.378. The highest BCUT2D eigenvalue weighted by atomic mass is 16.5. The van der Waals surface area contributed by atoms with E-state index in [9.17, 15) is 4.79 Å². The number of carbonyl (C=O) groups excluding carboxylic acids is 1. The first-order chi connectivity index (χ1) is 11.8. The van der Waals surface area contributed by atoms with Gasteiger partial charge in [0.1, 0.15) is 18.8 Å². The first kappa shape index (κ1) is 15.5. The maximum Gasteiger partial charge on any atom is 0.238 e. The number of amides is 1. The molecule has 0 atom stereocenters. The third-order valence-electron chi connectivity index (χ3n) is 3.51. The highest BCUT2D eigenvalue weighted by molar-refractivity contribution is 5.92. The van der Waals surface area contributed by atoms with Crippen molar-refractivity contribution >= 4 is 22.5 Å². The lowest BCUT2D eigenvalue weighted by Crippen LogP contribution is -2.09. The maximum absolute atomic E-state index is 11.4. The summed E-state index contributed by atoms with van der Waals surface area (Å²) in [5.41, 5.74) is 2.64. The van der Waals surface area contributed by atoms with Crippen LogP contribution in [0.2, 0.25) is 0 Å². The lowest BCUT2D eigenvalue weighted by Gasteiger charge is -2.09. The van der Waals surface area contributed by atoms with Crippen LogP contribution >= 0.6 is 0 Å². The van der Waals surface area contributed by atoms with Gasteiger partial charge in [0, 0.05) is 22.8 Å². The molecule has 3 aromatic rings. The summed E-state index contributed by atoms with van der Waals surface area (Å²) in [6.07, 6.45) is 1.61. The van der Waals surface area contributed by atoms with Gasteiger partial charge in [0.05, 0.1) is 11.6 Å². The average Bonchev–Trinajstić information content (AvgIpc) is 2.61. The summed E-state index contributed by atoms with van der Waals surface area (Å²) in [7, 11) is 0. The molecule has 3 rings (SSSR count). The fourth-order valence-electron chi connectivity index (χ4n) is 2.35. The number of ether oxygens (including phenoxy) is 1. The number of fused-ring (bicyclic) bond motifs is 1. The number of pyridine rings is 1. The summed E-state index contributed by atoms with van der Waals surface area (Å²) in [6, 6.07) is 18.7. The number of hydrogen-bond acceptors (Lipinski definition) is 4. The first-order valence-electron chi connectivity index (χ1n) is 7.48. The van der Waals surface area contributed by atoms with Gasteiger partial charge in [0.25, 0.3) is 0 Å². The third-order valence-corrected chi connectivity index (χ3v) is 3.51. The summed E-state index contributed by atoms with van der Waals surface area (Å²) in [4.78, 5) is 15.7. The number of hydrogen-bond donors (Lipinski definition) is 1. The second-order valence-electron chi connectivity index (χ2n) is 5.18. The molecule has 1 aromatic heterocycles. The number of para-hydroxylation sites is 1. The SMILES string of the molecule is N#CCC(=O)Nc1ccc(OCc2ccnc3ccccc23)cc1. The van der Waals surface area contributed by atoms with Crippen LogP contribution in [0.1, 0.15) is 12.0 Å². The average molecular weight is 317 g/mol. The second-order valence-corrected chi connectivity index (χ2v) is 5.18. The zero-order valence-electron chi connectivity index (χ0n) is 12.9. The van der Waals surface area contributed by atoms with Crippen molar-refractivity contribution in [2.45, 2.75) is 13.0 Å². The predicted molar refractivity (Wildman–Crippen MR) is 91.4 cm³/mol. The molecule has 1 N–H and O–H groups in total. The second kappa shape index (κ2) is 7.25. The van der Waals surface area contributed by atoms with Crippen LogP contribution in [0.4, 0.5) is 5.69 Å². The van der Waals surface area contributed by atoms with E-state index in [0.29, 0.717) is 18.0 Å². The van der Waals surface area contributed by atoms with Crippen molar-refractivity contribution in [1.82, 2.24) is 4.98 Å². The number of rotatable bonds is 5. The molecule has 0 unspecified atom stereocenters. The number of nitriles is 1. The minimum atomic E-state index is -0.325. The highest BCUT2D eigenvalue weighted by Gasteiger charge is 2.04. The van der Waals surface area contributed by atoms with Crippen molar-refractivity contribution in [1.29, 1.82) is 5.26 Å². The number of benzene rings is 2. The molecule has 5 heteroatoms. The van der Waals surface area contributed by atoms with Gasteiger partial charge in [-0.3, -0.25) is 9.78 Å². The van der Waals surface area contributed by atoms with E-state index in [2.05, 4.69) is 10.3 Å². The van der Waals surface area contributed by atoms with Gasteiger partial charge in [0.15, 0.2) is 0 Å². The molecule has 5 nitrogen and oxygen atoms in total. The van der Waals surface area contributed by atoms with Crippen molar-refractivity contribution in [3.8, 4) is 11.8 Å². The molecule has 0 aliphatic heterocycles. The molecule has 118 valence electrons. The Bertz CT molecular complexity index is 893. The molecule has 0 saturated heterocycles. The smallest absolute Gasteiger partial charge is 0.238 e. The quantitative estimate of drug-likeness (QED) is 0.779. The van der Waals surface area contributed by atoms with Crippen LogP contribution < -0.4 is 10.1 Å². The molecule has 0 spiro atoms. The highest BCUT2D eigenvalue weighted by Crippen LogP contribution is 2.20. The van der Waals surface area contributed by atoms with E-state index in [0.717, 1.165) is 16.5 Å². The summed E-state index contributed by atoms with van der Waals surface area (Å²) >= 11 is 0. The Kier molecular flexibility index (Phi) is 4.68. The van der Waals surface area contributed by atoms with Gasteiger partial charge >= 0.3 is 0 Å². The Hall–Kier alpha value is -3.39. The van der Waals surface area contributed by atoms with Gasteiger partial charge in [-0.15, -0.1) is 0 Å². The zero-order chi connectivity index (χ0) is 16.8. The van der Waals surface area contributed by atoms with E-state index in [-0.39, 0.29) is 12.3 Å². The summed E-state index contributed by atoms with van der Waals surface area (Å²) in [5, 5.41) is 12.2. The van der Waals surface area contributed by atoms with Crippen molar-refractivity contribution < 1.29 is 9.53 Å². The molecule has 1 amide bonds. The van der Waals surface area contributed by atoms with E-state index >= 15 is 0 Å². The lowest BCUT2D eigenvalue weighted by molar-refractivity contribution is -0.115. The first-order valence-corrected chi connectivity index (χ1v) is 7.48. The fourth-order valence-corrected chi connectivity index (χ4v) is 2.35. The van der Waals surface area contributed by atoms with Gasteiger partial charge in [0.2, 0.25) is 5.91 Å². The lowest BCUT2D eigenvalue weighted by atomic mass is 10.1. The molecule has 2 aromatic carbocycles. The Morgan fingerprint density at radius 2 is 1.92 bits per heavy atom. The standard InChI is InChI=1S/C19H15N3O2/c20-11-9-19(23)22-15-5-7-16(8-6-15)24-13-14-10-12-21-18-4-2-1-3-17(14)18/h1-8,10,12H,9,13H2,(H,22,23). The number of nitrogens with zero attached hydrogens (tertiary/aromatic N) is 2. The van der Waals surface area contributed by atoms with Gasteiger partial charge in [-0.05, 0) is 36.4 Å². The van der Waals surface area contributed by atoms with Crippen LogP contribution in [-0.4, -0.2) is 10.9 Å². The van der Waals surface area contributed by atoms with Crippen molar-refractivity contribution in [2.75, 3.05) is 5.32 Å². The Morgan fingerprint density at radius 3 is 2.71 bits per heavy atom. The van der Waals surface area contributed by atoms with Crippen molar-refractivity contribution in [2.24, 2.45) is 0 Å². The topological polar surface area (TPSA) is 75.0 Å². The number of carbonyl (C=O) groups is 1. The molecule has 0 saturated carbocycles. The minimum Gasteiger partial charge on any atom is -0.489 e. The summed E-state index contributed by atoms with van der Waals surface area (Å²) in [6.45, 7) is 0.434.